The molecule has 0 saturated carbocycles. The van der Waals surface area contributed by atoms with Crippen LogP contribution in [0.15, 0.2) is 85.0 Å². The number of anilines is 1. The average molecular weight is 530 g/mol. The number of nitrogens with one attached hydrogen (secondary N) is 2. The molecule has 5 nitrogen and oxygen atoms in total. The predicted octanol–water partition coefficient (Wildman–Crippen LogP) is 6.23. The molecular formula is C27H16F6N2O3. The maximum absolute atomic E-state index is 13.0. The van der Waals surface area contributed by atoms with Gasteiger partial charge in [0.1, 0.15) is 0 Å². The molecular weight excluding hydrogens is 514 g/mol. The van der Waals surface area contributed by atoms with E-state index in [1.54, 1.807) is 0 Å². The maximum Gasteiger partial charge on any atom is 0.416 e. The van der Waals surface area contributed by atoms with Gasteiger partial charge in [0.05, 0.1) is 27.9 Å². The van der Waals surface area contributed by atoms with Gasteiger partial charge in [-0.1, -0.05) is 42.5 Å². The van der Waals surface area contributed by atoms with Crippen molar-refractivity contribution in [2.24, 2.45) is 0 Å². The largest absolute Gasteiger partial charge is 0.416 e. The highest BCUT2D eigenvalue weighted by atomic mass is 19.4. The Balaban J connectivity index is 1.63. The Kier molecular flexibility index (Phi) is 6.95. The van der Waals surface area contributed by atoms with Crippen LogP contribution in [0.3, 0.4) is 0 Å². The van der Waals surface area contributed by atoms with Gasteiger partial charge >= 0.3 is 12.4 Å². The van der Waals surface area contributed by atoms with Crippen molar-refractivity contribution in [1.29, 1.82) is 0 Å². The van der Waals surface area contributed by atoms with Crippen LogP contribution in [0.2, 0.25) is 0 Å². The van der Waals surface area contributed by atoms with E-state index in [0.717, 1.165) is 30.3 Å². The molecule has 4 rings (SSSR count). The lowest BCUT2D eigenvalue weighted by Crippen LogP contribution is -2.20. The molecule has 3 aromatic rings. The van der Waals surface area contributed by atoms with Gasteiger partial charge in [-0.2, -0.15) is 26.3 Å². The van der Waals surface area contributed by atoms with E-state index in [0.29, 0.717) is 0 Å². The molecule has 1 heterocycles. The fourth-order valence-electron chi connectivity index (χ4n) is 3.77. The highest BCUT2D eigenvalue weighted by Crippen LogP contribution is 2.33. The van der Waals surface area contributed by atoms with E-state index in [-0.39, 0.29) is 33.5 Å². The summed E-state index contributed by atoms with van der Waals surface area (Å²) in [6, 6.07) is 12.4. The van der Waals surface area contributed by atoms with Crippen LogP contribution in [0.25, 0.3) is 5.57 Å². The van der Waals surface area contributed by atoms with Crippen LogP contribution in [-0.4, -0.2) is 17.7 Å². The van der Waals surface area contributed by atoms with Crippen molar-refractivity contribution in [1.82, 2.24) is 5.32 Å². The van der Waals surface area contributed by atoms with Gasteiger partial charge in [-0.05, 0) is 53.1 Å². The molecule has 0 atom stereocenters. The van der Waals surface area contributed by atoms with E-state index in [1.807, 2.05) is 0 Å². The van der Waals surface area contributed by atoms with Crippen LogP contribution < -0.4 is 10.6 Å². The first-order valence-electron chi connectivity index (χ1n) is 10.9. The Morgan fingerprint density at radius 2 is 1.26 bits per heavy atom. The van der Waals surface area contributed by atoms with Crippen LogP contribution in [0, 0.1) is 0 Å². The van der Waals surface area contributed by atoms with E-state index in [2.05, 4.69) is 10.6 Å². The lowest BCUT2D eigenvalue weighted by atomic mass is 9.95. The van der Waals surface area contributed by atoms with Gasteiger partial charge in [0, 0.05) is 6.08 Å². The van der Waals surface area contributed by atoms with E-state index in [9.17, 15) is 40.7 Å². The predicted molar refractivity (Wildman–Crippen MR) is 126 cm³/mol. The van der Waals surface area contributed by atoms with Crippen molar-refractivity contribution in [2.45, 2.75) is 12.4 Å². The summed E-state index contributed by atoms with van der Waals surface area (Å²) in [5.41, 5.74) is -0.828. The van der Waals surface area contributed by atoms with Crippen LogP contribution in [-0.2, 0) is 17.1 Å². The highest BCUT2D eigenvalue weighted by molar-refractivity contribution is 6.24. The van der Waals surface area contributed by atoms with E-state index >= 15 is 0 Å². The number of halogens is 6. The van der Waals surface area contributed by atoms with Crippen molar-refractivity contribution in [3.05, 3.63) is 118 Å². The Bertz CT molecular complexity index is 1410. The molecule has 0 fully saturated rings. The zero-order chi connectivity index (χ0) is 27.7. The van der Waals surface area contributed by atoms with E-state index in [1.165, 1.54) is 54.6 Å². The summed E-state index contributed by atoms with van der Waals surface area (Å²) in [5, 5.41) is 4.60. The van der Waals surface area contributed by atoms with Gasteiger partial charge in [-0.25, -0.2) is 0 Å². The monoisotopic (exact) mass is 530 g/mol. The molecule has 3 aromatic carbocycles. The summed E-state index contributed by atoms with van der Waals surface area (Å²) >= 11 is 0. The first kappa shape index (κ1) is 26.4. The smallest absolute Gasteiger partial charge is 0.322 e. The Labute approximate surface area is 211 Å². The van der Waals surface area contributed by atoms with Crippen molar-refractivity contribution in [2.75, 3.05) is 5.32 Å². The van der Waals surface area contributed by atoms with Gasteiger partial charge in [0.25, 0.3) is 11.8 Å². The first-order chi connectivity index (χ1) is 17.8. The van der Waals surface area contributed by atoms with Crippen LogP contribution >= 0.6 is 0 Å². The molecule has 1 aliphatic rings. The number of rotatable bonds is 5. The number of hydrogen-bond donors (Lipinski definition) is 2. The van der Waals surface area contributed by atoms with Crippen LogP contribution in [0.4, 0.5) is 32.0 Å². The number of amides is 3. The molecule has 3 amide bonds. The molecule has 11 heteroatoms. The fraction of sp³-hybridized carbons (Fsp3) is 0.0741. The van der Waals surface area contributed by atoms with Crippen molar-refractivity contribution < 1.29 is 40.7 Å². The molecule has 194 valence electrons. The zero-order valence-corrected chi connectivity index (χ0v) is 19.1. The number of carbonyl (C=O) groups is 3. The molecule has 0 spiro atoms. The summed E-state index contributed by atoms with van der Waals surface area (Å²) in [6.07, 6.45) is -5.48. The summed E-state index contributed by atoms with van der Waals surface area (Å²) < 4.78 is 77.9. The topological polar surface area (TPSA) is 75.3 Å². The summed E-state index contributed by atoms with van der Waals surface area (Å²) in [7, 11) is 0. The average Bonchev–Trinajstić information content (AvgIpc) is 3.15. The summed E-state index contributed by atoms with van der Waals surface area (Å²) in [5.74, 6) is -1.96. The number of carbonyl (C=O) groups excluding carboxylic acids is 3. The molecule has 0 aromatic heterocycles. The Hall–Kier alpha value is -4.67. The second-order valence-electron chi connectivity index (χ2n) is 8.09. The summed E-state index contributed by atoms with van der Waals surface area (Å²) in [4.78, 5) is 36.3. The molecule has 0 radical (unpaired) electrons. The van der Waals surface area contributed by atoms with Gasteiger partial charge in [-0.15, -0.1) is 0 Å². The number of fused-ring (bicyclic) bond motifs is 1. The van der Waals surface area contributed by atoms with Crippen molar-refractivity contribution >= 4 is 29.0 Å². The number of imide groups is 1. The van der Waals surface area contributed by atoms with Gasteiger partial charge in [0.15, 0.2) is 0 Å². The second-order valence-corrected chi connectivity index (χ2v) is 8.09. The molecule has 0 saturated heterocycles. The van der Waals surface area contributed by atoms with E-state index in [4.69, 9.17) is 0 Å². The van der Waals surface area contributed by atoms with E-state index < -0.39 is 41.2 Å². The first-order valence-corrected chi connectivity index (χ1v) is 10.9. The third-order valence-electron chi connectivity index (χ3n) is 5.58. The molecule has 2 N–H and O–H groups in total. The number of benzene rings is 3. The Morgan fingerprint density at radius 3 is 1.76 bits per heavy atom. The normalized spacial score (nSPS) is 13.3. The second kappa shape index (κ2) is 10.0. The van der Waals surface area contributed by atoms with Crippen LogP contribution in [0.5, 0.6) is 0 Å². The SMILES string of the molecule is O=C(C=CC=C(c1ccc(C(F)(F)F)cc1)c1ccc(C(F)(F)F)cc1)Nc1cccc2c1C(=O)NC2=O. The van der Waals surface area contributed by atoms with Gasteiger partial charge in [0.2, 0.25) is 5.91 Å². The Morgan fingerprint density at radius 1 is 0.737 bits per heavy atom. The minimum absolute atomic E-state index is 0.00462. The van der Waals surface area contributed by atoms with Crippen LogP contribution in [0.1, 0.15) is 43.0 Å². The minimum atomic E-state index is -4.58. The summed E-state index contributed by atoms with van der Waals surface area (Å²) in [6.45, 7) is 0. The standard InChI is InChI=1S/C27H16F6N2O3/c28-26(29,30)17-11-7-15(8-12-17)19(16-9-13-18(14-10-16)27(31,32)33)3-2-6-22(36)34-21-5-1-4-20-23(21)25(38)35-24(20)37/h1-14H,(H,34,36)(H,35,37,38). The molecule has 0 aliphatic carbocycles. The molecule has 0 bridgehead atoms. The molecule has 1 aliphatic heterocycles. The fourth-order valence-corrected chi connectivity index (χ4v) is 3.77. The lowest BCUT2D eigenvalue weighted by molar-refractivity contribution is -0.138. The number of alkyl halides is 6. The molecule has 0 unspecified atom stereocenters. The highest BCUT2D eigenvalue weighted by Gasteiger charge is 2.31. The number of hydrogen-bond acceptors (Lipinski definition) is 3. The van der Waals surface area contributed by atoms with Crippen molar-refractivity contribution in [3.63, 3.8) is 0 Å². The quantitative estimate of drug-likeness (QED) is 0.178. The minimum Gasteiger partial charge on any atom is -0.322 e. The third-order valence-corrected chi connectivity index (χ3v) is 5.58. The lowest BCUT2D eigenvalue weighted by Gasteiger charge is -2.12. The molecule has 38 heavy (non-hydrogen) atoms. The van der Waals surface area contributed by atoms with Crippen molar-refractivity contribution in [3.8, 4) is 0 Å². The maximum atomic E-state index is 13.0. The number of allylic oxidation sites excluding steroid dienone is 2. The van der Waals surface area contributed by atoms with Gasteiger partial charge < -0.3 is 5.32 Å². The third kappa shape index (κ3) is 5.66. The zero-order valence-electron chi connectivity index (χ0n) is 19.1. The van der Waals surface area contributed by atoms with Gasteiger partial charge in [-0.3, -0.25) is 19.7 Å².